The number of halogens is 2. The Balaban J connectivity index is 1.57. The Morgan fingerprint density at radius 3 is 2.54 bits per heavy atom. The van der Waals surface area contributed by atoms with E-state index in [9.17, 15) is 4.79 Å². The molecular formula is C22H27Cl2N3O. The number of benzene rings is 2. The molecule has 1 heterocycles. The minimum Gasteiger partial charge on any atom is -0.341 e. The minimum atomic E-state index is -0.189. The van der Waals surface area contributed by atoms with Crippen molar-refractivity contribution < 1.29 is 4.79 Å². The molecule has 0 aromatic heterocycles. The zero-order valence-corrected chi connectivity index (χ0v) is 17.9. The van der Waals surface area contributed by atoms with E-state index < -0.39 is 0 Å². The first-order valence-electron chi connectivity index (χ1n) is 9.69. The van der Waals surface area contributed by atoms with E-state index in [1.807, 2.05) is 24.3 Å². The van der Waals surface area contributed by atoms with Crippen molar-refractivity contribution in [1.29, 1.82) is 0 Å². The van der Waals surface area contributed by atoms with Gasteiger partial charge in [0.05, 0.1) is 10.0 Å². The van der Waals surface area contributed by atoms with Gasteiger partial charge in [0.15, 0.2) is 0 Å². The molecule has 0 aliphatic carbocycles. The van der Waals surface area contributed by atoms with Crippen LogP contribution in [-0.2, 0) is 13.0 Å². The lowest BCUT2D eigenvalue weighted by Crippen LogP contribution is -2.34. The van der Waals surface area contributed by atoms with Crippen LogP contribution in [0.1, 0.15) is 29.5 Å². The van der Waals surface area contributed by atoms with Gasteiger partial charge in [-0.1, -0.05) is 47.0 Å². The zero-order chi connectivity index (χ0) is 20.1. The highest BCUT2D eigenvalue weighted by molar-refractivity contribution is 6.42. The Kier molecular flexibility index (Phi) is 7.22. The number of likely N-dealkylation sites (tertiary alicyclic amines) is 1. The van der Waals surface area contributed by atoms with Crippen LogP contribution in [-0.4, -0.2) is 31.1 Å². The second-order valence-corrected chi connectivity index (χ2v) is 8.35. The number of hydrogen-bond acceptors (Lipinski definition) is 2. The van der Waals surface area contributed by atoms with Gasteiger partial charge in [0, 0.05) is 19.3 Å². The van der Waals surface area contributed by atoms with E-state index in [4.69, 9.17) is 23.2 Å². The molecular weight excluding hydrogens is 393 g/mol. The number of nitrogens with one attached hydrogen (secondary N) is 2. The van der Waals surface area contributed by atoms with Crippen LogP contribution in [0.5, 0.6) is 0 Å². The second kappa shape index (κ2) is 9.64. The number of carbonyl (C=O) groups is 1. The molecule has 1 aliphatic rings. The van der Waals surface area contributed by atoms with Crippen LogP contribution >= 0.6 is 23.2 Å². The van der Waals surface area contributed by atoms with Gasteiger partial charge in [-0.2, -0.15) is 0 Å². The van der Waals surface area contributed by atoms with E-state index in [1.165, 1.54) is 11.1 Å². The van der Waals surface area contributed by atoms with Crippen LogP contribution in [0.25, 0.3) is 0 Å². The molecule has 2 N–H and O–H groups in total. The number of aryl methyl sites for hydroxylation is 1. The molecule has 2 aromatic carbocycles. The van der Waals surface area contributed by atoms with Gasteiger partial charge in [-0.05, 0) is 74.5 Å². The number of piperidine rings is 1. The van der Waals surface area contributed by atoms with Gasteiger partial charge in [-0.15, -0.1) is 0 Å². The van der Waals surface area contributed by atoms with Crippen LogP contribution in [0, 0.1) is 12.8 Å². The average Bonchev–Trinajstić information content (AvgIpc) is 2.68. The minimum absolute atomic E-state index is 0.189. The van der Waals surface area contributed by atoms with Gasteiger partial charge in [-0.25, -0.2) is 4.79 Å². The molecule has 0 saturated carbocycles. The fraction of sp³-hybridized carbons (Fsp3) is 0.409. The first kappa shape index (κ1) is 21.0. The monoisotopic (exact) mass is 419 g/mol. The lowest BCUT2D eigenvalue weighted by molar-refractivity contribution is 0.177. The fourth-order valence-corrected chi connectivity index (χ4v) is 4.07. The van der Waals surface area contributed by atoms with Crippen molar-refractivity contribution in [2.75, 3.05) is 25.5 Å². The van der Waals surface area contributed by atoms with Crippen molar-refractivity contribution in [2.45, 2.75) is 32.7 Å². The van der Waals surface area contributed by atoms with Gasteiger partial charge >= 0.3 is 6.03 Å². The van der Waals surface area contributed by atoms with Crippen LogP contribution in [0.15, 0.2) is 36.4 Å². The molecule has 0 radical (unpaired) electrons. The first-order chi connectivity index (χ1) is 13.4. The predicted molar refractivity (Wildman–Crippen MR) is 117 cm³/mol. The van der Waals surface area contributed by atoms with Gasteiger partial charge < -0.3 is 10.6 Å². The fourth-order valence-electron chi connectivity index (χ4n) is 3.75. The molecule has 1 fully saturated rings. The number of anilines is 1. The number of urea groups is 1. The van der Waals surface area contributed by atoms with Crippen molar-refractivity contribution in [1.82, 2.24) is 10.2 Å². The van der Waals surface area contributed by atoms with Crippen LogP contribution in [0.4, 0.5) is 10.5 Å². The summed E-state index contributed by atoms with van der Waals surface area (Å²) in [4.78, 5) is 14.2. The summed E-state index contributed by atoms with van der Waals surface area (Å²) in [5, 5.41) is 6.78. The van der Waals surface area contributed by atoms with E-state index in [0.29, 0.717) is 16.0 Å². The highest BCUT2D eigenvalue weighted by Gasteiger charge is 2.21. The maximum absolute atomic E-state index is 11.7. The van der Waals surface area contributed by atoms with Crippen molar-refractivity contribution in [3.63, 3.8) is 0 Å². The topological polar surface area (TPSA) is 44.4 Å². The lowest BCUT2D eigenvalue weighted by Gasteiger charge is -2.32. The van der Waals surface area contributed by atoms with Crippen molar-refractivity contribution >= 4 is 34.9 Å². The standard InChI is InChI=1S/C22H27Cl2N3O/c1-15-3-6-21(26-22(28)25-2)18(11-15)14-27-9-7-16(8-10-27)12-17-4-5-19(23)20(24)13-17/h3-6,11,13,16H,7-10,12,14H2,1-2H3,(H2,25,26,28). The summed E-state index contributed by atoms with van der Waals surface area (Å²) in [5.74, 6) is 0.662. The summed E-state index contributed by atoms with van der Waals surface area (Å²) in [7, 11) is 1.63. The van der Waals surface area contributed by atoms with Crippen LogP contribution in [0.2, 0.25) is 10.0 Å². The second-order valence-electron chi connectivity index (χ2n) is 7.54. The molecule has 28 heavy (non-hydrogen) atoms. The third-order valence-electron chi connectivity index (χ3n) is 5.35. The maximum atomic E-state index is 11.7. The quantitative estimate of drug-likeness (QED) is 0.670. The van der Waals surface area contributed by atoms with Gasteiger partial charge in [0.1, 0.15) is 0 Å². The molecule has 6 heteroatoms. The molecule has 0 spiro atoms. The van der Waals surface area contributed by atoms with Gasteiger partial charge in [0.25, 0.3) is 0 Å². The van der Waals surface area contributed by atoms with E-state index >= 15 is 0 Å². The SMILES string of the molecule is CNC(=O)Nc1ccc(C)cc1CN1CCC(Cc2ccc(Cl)c(Cl)c2)CC1. The summed E-state index contributed by atoms with van der Waals surface area (Å²) >= 11 is 12.2. The summed E-state index contributed by atoms with van der Waals surface area (Å²) in [6.07, 6.45) is 3.35. The summed E-state index contributed by atoms with van der Waals surface area (Å²) in [6.45, 7) is 5.04. The maximum Gasteiger partial charge on any atom is 0.318 e. The third-order valence-corrected chi connectivity index (χ3v) is 6.08. The molecule has 0 unspecified atom stereocenters. The highest BCUT2D eigenvalue weighted by atomic mass is 35.5. The van der Waals surface area contributed by atoms with Crippen LogP contribution < -0.4 is 10.6 Å². The van der Waals surface area contributed by atoms with E-state index in [-0.39, 0.29) is 6.03 Å². The number of hydrogen-bond donors (Lipinski definition) is 2. The number of rotatable bonds is 5. The predicted octanol–water partition coefficient (Wildman–Crippen LogP) is 5.51. The third kappa shape index (κ3) is 5.63. The van der Waals surface area contributed by atoms with E-state index in [0.717, 1.165) is 50.1 Å². The molecule has 2 amide bonds. The average molecular weight is 420 g/mol. The summed E-state index contributed by atoms with van der Waals surface area (Å²) < 4.78 is 0. The smallest absolute Gasteiger partial charge is 0.318 e. The Morgan fingerprint density at radius 2 is 1.86 bits per heavy atom. The number of nitrogens with zero attached hydrogens (tertiary/aromatic N) is 1. The van der Waals surface area contributed by atoms with Crippen LogP contribution in [0.3, 0.4) is 0 Å². The molecule has 2 aromatic rings. The Labute approximate surface area is 177 Å². The van der Waals surface area contributed by atoms with Gasteiger partial charge in [0.2, 0.25) is 0 Å². The Hall–Kier alpha value is -1.75. The molecule has 3 rings (SSSR count). The van der Waals surface area contributed by atoms with Crippen molar-refractivity contribution in [2.24, 2.45) is 5.92 Å². The molecule has 4 nitrogen and oxygen atoms in total. The molecule has 0 atom stereocenters. The highest BCUT2D eigenvalue weighted by Crippen LogP contribution is 2.28. The van der Waals surface area contributed by atoms with E-state index in [2.05, 4.69) is 34.6 Å². The van der Waals surface area contributed by atoms with Crippen molar-refractivity contribution in [3.05, 3.63) is 63.1 Å². The Morgan fingerprint density at radius 1 is 1.11 bits per heavy atom. The molecule has 0 bridgehead atoms. The first-order valence-corrected chi connectivity index (χ1v) is 10.4. The molecule has 150 valence electrons. The normalized spacial score (nSPS) is 15.4. The molecule has 1 saturated heterocycles. The summed E-state index contributed by atoms with van der Waals surface area (Å²) in [6, 6.07) is 11.9. The Bertz CT molecular complexity index is 833. The molecule has 1 aliphatic heterocycles. The summed E-state index contributed by atoms with van der Waals surface area (Å²) in [5.41, 5.74) is 4.49. The zero-order valence-electron chi connectivity index (χ0n) is 16.4. The van der Waals surface area contributed by atoms with Gasteiger partial charge in [-0.3, -0.25) is 4.90 Å². The van der Waals surface area contributed by atoms with Crippen molar-refractivity contribution in [3.8, 4) is 0 Å². The number of amides is 2. The lowest BCUT2D eigenvalue weighted by atomic mass is 9.90. The number of carbonyl (C=O) groups excluding carboxylic acids is 1. The van der Waals surface area contributed by atoms with E-state index in [1.54, 1.807) is 7.05 Å². The largest absolute Gasteiger partial charge is 0.341 e.